The highest BCUT2D eigenvalue weighted by Gasteiger charge is 2.31. The van der Waals surface area contributed by atoms with Gasteiger partial charge in [-0.15, -0.1) is 0 Å². The first-order valence-electron chi connectivity index (χ1n) is 15.9. The van der Waals surface area contributed by atoms with E-state index in [2.05, 4.69) is 0 Å². The molecule has 0 bridgehead atoms. The topological polar surface area (TPSA) is 127 Å². The van der Waals surface area contributed by atoms with E-state index in [0.717, 1.165) is 21.6 Å². The zero-order valence-electron chi connectivity index (χ0n) is 28.6. The number of ketones is 2. The number of carboxylic acids is 2. The zero-order chi connectivity index (χ0) is 41.7. The van der Waals surface area contributed by atoms with Crippen molar-refractivity contribution in [3.05, 3.63) is 159 Å². The van der Waals surface area contributed by atoms with Gasteiger partial charge in [0.1, 0.15) is 33.2 Å². The minimum absolute atomic E-state index is 0.0456. The van der Waals surface area contributed by atoms with Gasteiger partial charge in [-0.1, -0.05) is 114 Å². The van der Waals surface area contributed by atoms with Gasteiger partial charge in [0.15, 0.2) is 13.2 Å². The van der Waals surface area contributed by atoms with Crippen molar-refractivity contribution in [3.63, 3.8) is 0 Å². The van der Waals surface area contributed by atoms with E-state index in [1.165, 1.54) is 91.7 Å². The minimum atomic E-state index is -1.25. The van der Waals surface area contributed by atoms with Gasteiger partial charge in [0, 0.05) is 30.7 Å². The van der Waals surface area contributed by atoms with Gasteiger partial charge in [-0.25, -0.2) is 18.4 Å². The molecule has 0 aliphatic carbocycles. The number of hydrogen-bond acceptors (Lipinski definition) is 12. The number of halogens is 6. The van der Waals surface area contributed by atoms with Crippen LogP contribution in [0.1, 0.15) is 31.8 Å². The molecule has 8 nitrogen and oxygen atoms in total. The van der Waals surface area contributed by atoms with Crippen molar-refractivity contribution in [2.45, 2.75) is 0 Å². The largest absolute Gasteiger partial charge is 0.480 e. The van der Waals surface area contributed by atoms with Gasteiger partial charge >= 0.3 is 11.9 Å². The van der Waals surface area contributed by atoms with Crippen molar-refractivity contribution < 1.29 is 47.6 Å². The summed E-state index contributed by atoms with van der Waals surface area (Å²) in [5, 5.41) is 17.3. The highest BCUT2D eigenvalue weighted by molar-refractivity contribution is 8.83. The van der Waals surface area contributed by atoms with E-state index in [4.69, 9.17) is 66.1 Å². The summed E-state index contributed by atoms with van der Waals surface area (Å²) in [5.74, 6) is -4.65. The second kappa shape index (κ2) is 19.9. The first kappa shape index (κ1) is 44.4. The Labute approximate surface area is 372 Å². The highest BCUT2D eigenvalue weighted by Crippen LogP contribution is 2.57. The standard InChI is InChI=1S/C38H20Cl4F2O8S6/c39-31-21(9-11-23(33(31)41)51-15-29(45)46)35(49)37(27-13-25(53-55-27)17-1-5-19(43)6-2-17)57-58-38(28-14-26(54-56-28)18-3-7-20(44)8-4-18)36(50)22-10-12-24(34(42)32(22)40)52-16-30(47)48/h1-14H,15-16H2,(H,45,46)(H,47,48)/b37-27-,38-28+. The predicted octanol–water partition coefficient (Wildman–Crippen LogP) is 13.2. The molecule has 20 heteroatoms. The van der Waals surface area contributed by atoms with Crippen molar-refractivity contribution in [3.8, 4) is 11.5 Å². The summed E-state index contributed by atoms with van der Waals surface area (Å²) in [6.45, 7) is -1.41. The number of carboxylic acid groups (broad SMARTS) is 2. The number of Topliss-reactive ketones (excluding diaryl/α,β-unsaturated/α-hetero) is 2. The third-order valence-corrected chi connectivity index (χ3v) is 16.9. The molecular weight excluding hydrogens is 957 g/mol. The summed E-state index contributed by atoms with van der Waals surface area (Å²) in [5.41, 5.74) is 1.29. The van der Waals surface area contributed by atoms with Crippen LogP contribution in [0, 0.1) is 11.6 Å². The third kappa shape index (κ3) is 10.6. The molecule has 0 spiro atoms. The average molecular weight is 977 g/mol. The molecule has 4 aromatic rings. The van der Waals surface area contributed by atoms with Crippen molar-refractivity contribution in [1.82, 2.24) is 0 Å². The number of ether oxygens (including phenoxy) is 2. The van der Waals surface area contributed by atoms with E-state index in [9.17, 15) is 28.0 Å². The number of carbonyl (C=O) groups is 4. The van der Waals surface area contributed by atoms with E-state index in [0.29, 0.717) is 30.7 Å². The van der Waals surface area contributed by atoms with Gasteiger partial charge in [-0.2, -0.15) is 0 Å². The molecule has 0 amide bonds. The SMILES string of the molecule is O=C(O)COc1ccc(C(=O)/C(SS/C(C(=O)c2ccc(OCC(=O)O)c(Cl)c2Cl)=C2\C=C(c3ccc(F)cc3)SS2)=C2\C=C(c3ccc(F)cc3)SS2)c(Cl)c1Cl. The molecule has 58 heavy (non-hydrogen) atoms. The minimum Gasteiger partial charge on any atom is -0.480 e. The van der Waals surface area contributed by atoms with E-state index < -0.39 is 48.4 Å². The summed E-state index contributed by atoms with van der Waals surface area (Å²) in [4.78, 5) is 53.9. The molecule has 0 saturated carbocycles. The van der Waals surface area contributed by atoms with Gasteiger partial charge in [-0.3, -0.25) is 9.59 Å². The third-order valence-electron chi connectivity index (χ3n) is 7.58. The fourth-order valence-electron chi connectivity index (χ4n) is 4.84. The summed E-state index contributed by atoms with van der Waals surface area (Å²) in [7, 11) is 7.04. The fourth-order valence-corrected chi connectivity index (χ4v) is 13.9. The molecule has 2 aliphatic heterocycles. The Kier molecular flexibility index (Phi) is 15.3. The Bertz CT molecular complexity index is 2310. The number of hydrogen-bond donors (Lipinski definition) is 2. The maximum atomic E-state index is 14.5. The lowest BCUT2D eigenvalue weighted by atomic mass is 10.1. The van der Waals surface area contributed by atoms with E-state index in [-0.39, 0.29) is 52.5 Å². The van der Waals surface area contributed by atoms with Crippen molar-refractivity contribution >= 4 is 144 Å². The van der Waals surface area contributed by atoms with Gasteiger partial charge in [0.25, 0.3) is 0 Å². The molecular formula is C38H20Cl4F2O8S6. The van der Waals surface area contributed by atoms with Crippen molar-refractivity contribution in [2.24, 2.45) is 0 Å². The average Bonchev–Trinajstić information content (AvgIpc) is 3.89. The lowest BCUT2D eigenvalue weighted by Gasteiger charge is -2.15. The first-order valence-corrected chi connectivity index (χ1v) is 23.9. The van der Waals surface area contributed by atoms with Gasteiger partial charge < -0.3 is 19.7 Å². The van der Waals surface area contributed by atoms with Crippen LogP contribution in [-0.2, 0) is 9.59 Å². The van der Waals surface area contributed by atoms with E-state index >= 15 is 0 Å². The molecule has 0 unspecified atom stereocenters. The fraction of sp³-hybridized carbons (Fsp3) is 0.0526. The first-order chi connectivity index (χ1) is 27.7. The van der Waals surface area contributed by atoms with Crippen LogP contribution in [-0.4, -0.2) is 46.9 Å². The summed E-state index contributed by atoms with van der Waals surface area (Å²) in [6, 6.07) is 17.0. The molecule has 2 N–H and O–H groups in total. The molecule has 2 aliphatic rings. The van der Waals surface area contributed by atoms with Crippen molar-refractivity contribution in [1.29, 1.82) is 0 Å². The lowest BCUT2D eigenvalue weighted by Crippen LogP contribution is -2.10. The molecule has 0 fully saturated rings. The molecule has 0 radical (unpaired) electrons. The molecule has 0 aromatic heterocycles. The van der Waals surface area contributed by atoms with Gasteiger partial charge in [0.2, 0.25) is 11.6 Å². The maximum Gasteiger partial charge on any atom is 0.341 e. The Morgan fingerprint density at radius 2 is 0.897 bits per heavy atom. The summed E-state index contributed by atoms with van der Waals surface area (Å²) < 4.78 is 38.0. The number of aliphatic carboxylic acids is 2. The van der Waals surface area contributed by atoms with Crippen LogP contribution in [0.15, 0.2) is 105 Å². The molecule has 0 atom stereocenters. The van der Waals surface area contributed by atoms with Crippen LogP contribution < -0.4 is 9.47 Å². The molecule has 6 rings (SSSR count). The van der Waals surface area contributed by atoms with Gasteiger partial charge in [-0.05, 0) is 93.4 Å². The Balaban J connectivity index is 1.44. The Hall–Kier alpha value is -3.16. The highest BCUT2D eigenvalue weighted by atomic mass is 35.5. The lowest BCUT2D eigenvalue weighted by molar-refractivity contribution is -0.140. The quantitative estimate of drug-likeness (QED) is 0.0666. The summed E-state index contributed by atoms with van der Waals surface area (Å²) >= 11 is 26.1. The number of allylic oxidation sites excluding steroid dienone is 4. The Morgan fingerprint density at radius 1 is 0.534 bits per heavy atom. The van der Waals surface area contributed by atoms with Crippen LogP contribution in [0.2, 0.25) is 20.1 Å². The number of benzene rings is 4. The predicted molar refractivity (Wildman–Crippen MR) is 236 cm³/mol. The van der Waals surface area contributed by atoms with Crippen LogP contribution in [0.4, 0.5) is 8.78 Å². The number of rotatable bonds is 15. The molecule has 298 valence electrons. The van der Waals surface area contributed by atoms with Crippen LogP contribution in [0.5, 0.6) is 11.5 Å². The summed E-state index contributed by atoms with van der Waals surface area (Å²) in [6.07, 6.45) is 3.49. The second-order valence-corrected chi connectivity index (χ2v) is 19.5. The van der Waals surface area contributed by atoms with Crippen molar-refractivity contribution in [2.75, 3.05) is 13.2 Å². The monoisotopic (exact) mass is 974 g/mol. The smallest absolute Gasteiger partial charge is 0.341 e. The van der Waals surface area contributed by atoms with Gasteiger partial charge in [0.05, 0.1) is 19.9 Å². The molecule has 4 aromatic carbocycles. The Morgan fingerprint density at radius 3 is 1.24 bits per heavy atom. The van der Waals surface area contributed by atoms with Crippen LogP contribution in [0.3, 0.4) is 0 Å². The maximum absolute atomic E-state index is 14.5. The van der Waals surface area contributed by atoms with Crippen LogP contribution >= 0.6 is 111 Å². The normalized spacial score (nSPS) is 15.4. The number of carbonyl (C=O) groups excluding carboxylic acids is 2. The van der Waals surface area contributed by atoms with E-state index in [1.807, 2.05) is 0 Å². The van der Waals surface area contributed by atoms with E-state index in [1.54, 1.807) is 36.4 Å². The van der Waals surface area contributed by atoms with Crippen LogP contribution in [0.25, 0.3) is 9.81 Å². The molecule has 2 heterocycles. The second-order valence-electron chi connectivity index (χ2n) is 11.4. The zero-order valence-corrected chi connectivity index (χ0v) is 36.5. The molecule has 0 saturated heterocycles.